The number of rotatable bonds is 4. The van der Waals surface area contributed by atoms with E-state index >= 15 is 0 Å². The minimum Gasteiger partial charge on any atom is -0.497 e. The third-order valence-electron chi connectivity index (χ3n) is 3.23. The predicted octanol–water partition coefficient (Wildman–Crippen LogP) is 2.67. The lowest BCUT2D eigenvalue weighted by Gasteiger charge is -2.33. The van der Waals surface area contributed by atoms with E-state index < -0.39 is 0 Å². The molecule has 0 spiro atoms. The highest BCUT2D eigenvalue weighted by Gasteiger charge is 2.19. The summed E-state index contributed by atoms with van der Waals surface area (Å²) in [5, 5.41) is 3.37. The fourth-order valence-electron chi connectivity index (χ4n) is 2.26. The van der Waals surface area contributed by atoms with E-state index in [9.17, 15) is 0 Å². The van der Waals surface area contributed by atoms with Crippen LogP contribution in [0.5, 0.6) is 5.75 Å². The number of piperazine rings is 1. The lowest BCUT2D eigenvalue weighted by molar-refractivity contribution is 0.203. The van der Waals surface area contributed by atoms with E-state index in [0.717, 1.165) is 31.9 Å². The number of benzene rings is 1. The smallest absolute Gasteiger partial charge is 0.118 e. The quantitative estimate of drug-likeness (QED) is 0.866. The molecule has 0 amide bonds. The monoisotopic (exact) mass is 304 g/mol. The van der Waals surface area contributed by atoms with Crippen LogP contribution in [0.25, 0.3) is 0 Å². The average molecular weight is 305 g/mol. The molecule has 108 valence electrons. The van der Waals surface area contributed by atoms with Gasteiger partial charge in [0.15, 0.2) is 0 Å². The minimum atomic E-state index is 0. The molecule has 1 fully saturated rings. The van der Waals surface area contributed by atoms with Gasteiger partial charge in [-0.3, -0.25) is 4.90 Å². The Bertz CT molecular complexity index is 364. The first kappa shape index (κ1) is 18.3. The third kappa shape index (κ3) is 4.69. The highest BCUT2D eigenvalue weighted by atomic mass is 35.5. The summed E-state index contributed by atoms with van der Waals surface area (Å²) in [5.74, 6) is 0.900. The number of halogens is 2. The van der Waals surface area contributed by atoms with Crippen molar-refractivity contribution >= 4 is 24.8 Å². The third-order valence-corrected chi connectivity index (χ3v) is 3.23. The molecule has 1 N–H and O–H groups in total. The van der Waals surface area contributed by atoms with Gasteiger partial charge in [0.25, 0.3) is 0 Å². The number of nitrogens with one attached hydrogen (secondary N) is 1. The van der Waals surface area contributed by atoms with Crippen LogP contribution in [0.1, 0.15) is 11.6 Å². The van der Waals surface area contributed by atoms with Crippen LogP contribution in [0.2, 0.25) is 0 Å². The number of methoxy groups -OCH3 is 1. The van der Waals surface area contributed by atoms with Gasteiger partial charge in [0.05, 0.1) is 13.2 Å². The van der Waals surface area contributed by atoms with Gasteiger partial charge < -0.3 is 10.1 Å². The zero-order valence-corrected chi connectivity index (χ0v) is 12.8. The van der Waals surface area contributed by atoms with E-state index in [-0.39, 0.29) is 24.8 Å². The van der Waals surface area contributed by atoms with Crippen molar-refractivity contribution in [3.8, 4) is 5.75 Å². The van der Waals surface area contributed by atoms with Gasteiger partial charge in [-0.1, -0.05) is 18.2 Å². The van der Waals surface area contributed by atoms with Crippen LogP contribution in [0.4, 0.5) is 0 Å². The van der Waals surface area contributed by atoms with Gasteiger partial charge in [0, 0.05) is 26.2 Å². The van der Waals surface area contributed by atoms with Crippen molar-refractivity contribution < 1.29 is 4.74 Å². The van der Waals surface area contributed by atoms with Crippen LogP contribution in [-0.4, -0.2) is 38.2 Å². The van der Waals surface area contributed by atoms with Crippen molar-refractivity contribution in [2.24, 2.45) is 0 Å². The lowest BCUT2D eigenvalue weighted by atomic mass is 10.0. The van der Waals surface area contributed by atoms with Crippen molar-refractivity contribution in [2.45, 2.75) is 6.04 Å². The Morgan fingerprint density at radius 2 is 1.79 bits per heavy atom. The fourth-order valence-corrected chi connectivity index (χ4v) is 2.26. The molecule has 5 heteroatoms. The van der Waals surface area contributed by atoms with Crippen LogP contribution in [0, 0.1) is 0 Å². The van der Waals surface area contributed by atoms with E-state index in [0.29, 0.717) is 6.04 Å². The van der Waals surface area contributed by atoms with Gasteiger partial charge in [0.2, 0.25) is 0 Å². The van der Waals surface area contributed by atoms with Gasteiger partial charge in [0.1, 0.15) is 5.75 Å². The normalized spacial score (nSPS) is 16.7. The maximum atomic E-state index is 5.18. The number of ether oxygens (including phenoxy) is 1. The SMILES string of the molecule is C=C[C@H](c1ccc(OC)cc1)N1CCNCC1.Cl.Cl. The molecule has 1 aliphatic rings. The molecule has 0 radical (unpaired) electrons. The summed E-state index contributed by atoms with van der Waals surface area (Å²) in [6, 6.07) is 8.56. The maximum Gasteiger partial charge on any atom is 0.118 e. The number of hydrogen-bond acceptors (Lipinski definition) is 3. The van der Waals surface area contributed by atoms with Crippen LogP contribution < -0.4 is 10.1 Å². The molecule has 1 aromatic rings. The highest BCUT2D eigenvalue weighted by Crippen LogP contribution is 2.24. The lowest BCUT2D eigenvalue weighted by Crippen LogP contribution is -2.44. The summed E-state index contributed by atoms with van der Waals surface area (Å²) in [5.41, 5.74) is 1.28. The van der Waals surface area contributed by atoms with Crippen molar-refractivity contribution in [2.75, 3.05) is 33.3 Å². The Balaban J connectivity index is 0.00000162. The van der Waals surface area contributed by atoms with Gasteiger partial charge in [-0.25, -0.2) is 0 Å². The zero-order chi connectivity index (χ0) is 12.1. The van der Waals surface area contributed by atoms with E-state index in [1.165, 1.54) is 5.56 Å². The summed E-state index contributed by atoms with van der Waals surface area (Å²) >= 11 is 0. The standard InChI is InChI=1S/C14H20N2O.2ClH/c1-3-14(16-10-8-15-9-11-16)12-4-6-13(17-2)7-5-12;;/h3-7,14-15H,1,8-11H2,2H3;2*1H/t14-;;/m1../s1. The number of hydrogen-bond donors (Lipinski definition) is 1. The second-order valence-electron chi connectivity index (χ2n) is 4.24. The molecular formula is C14H22Cl2N2O. The molecule has 1 atom stereocenters. The van der Waals surface area contributed by atoms with Gasteiger partial charge in [-0.2, -0.15) is 0 Å². The molecule has 0 aliphatic carbocycles. The van der Waals surface area contributed by atoms with Crippen LogP contribution >= 0.6 is 24.8 Å². The zero-order valence-electron chi connectivity index (χ0n) is 11.2. The first-order chi connectivity index (χ1) is 8.35. The van der Waals surface area contributed by atoms with Crippen molar-refractivity contribution in [1.82, 2.24) is 10.2 Å². The summed E-state index contributed by atoms with van der Waals surface area (Å²) < 4.78 is 5.18. The summed E-state index contributed by atoms with van der Waals surface area (Å²) in [6.07, 6.45) is 2.02. The van der Waals surface area contributed by atoms with Crippen LogP contribution in [0.3, 0.4) is 0 Å². The second kappa shape index (κ2) is 9.21. The molecule has 1 heterocycles. The topological polar surface area (TPSA) is 24.5 Å². The first-order valence-electron chi connectivity index (χ1n) is 6.06. The molecule has 1 aromatic carbocycles. The van der Waals surface area contributed by atoms with E-state index in [1.54, 1.807) is 7.11 Å². The van der Waals surface area contributed by atoms with Crippen LogP contribution in [0.15, 0.2) is 36.9 Å². The summed E-state index contributed by atoms with van der Waals surface area (Å²) in [7, 11) is 1.69. The van der Waals surface area contributed by atoms with Gasteiger partial charge in [-0.15, -0.1) is 31.4 Å². The molecule has 0 unspecified atom stereocenters. The molecule has 0 bridgehead atoms. The van der Waals surface area contributed by atoms with E-state index in [2.05, 4.69) is 28.9 Å². The molecule has 1 aliphatic heterocycles. The largest absolute Gasteiger partial charge is 0.497 e. The molecule has 19 heavy (non-hydrogen) atoms. The van der Waals surface area contributed by atoms with Gasteiger partial charge >= 0.3 is 0 Å². The molecular weight excluding hydrogens is 283 g/mol. The molecule has 0 aromatic heterocycles. The predicted molar refractivity (Wildman–Crippen MR) is 84.9 cm³/mol. The average Bonchev–Trinajstić information content (AvgIpc) is 2.42. The van der Waals surface area contributed by atoms with Crippen molar-refractivity contribution in [1.29, 1.82) is 0 Å². The fraction of sp³-hybridized carbons (Fsp3) is 0.429. The van der Waals surface area contributed by atoms with Crippen molar-refractivity contribution in [3.05, 3.63) is 42.5 Å². The Hall–Kier alpha value is -0.740. The Morgan fingerprint density at radius 1 is 1.21 bits per heavy atom. The Labute approximate surface area is 127 Å². The molecule has 1 saturated heterocycles. The summed E-state index contributed by atoms with van der Waals surface area (Å²) in [4.78, 5) is 2.45. The maximum absolute atomic E-state index is 5.18. The Morgan fingerprint density at radius 3 is 2.26 bits per heavy atom. The van der Waals surface area contributed by atoms with Gasteiger partial charge in [-0.05, 0) is 17.7 Å². The number of nitrogens with zero attached hydrogens (tertiary/aromatic N) is 1. The van der Waals surface area contributed by atoms with E-state index in [1.807, 2.05) is 18.2 Å². The summed E-state index contributed by atoms with van der Waals surface area (Å²) in [6.45, 7) is 8.22. The second-order valence-corrected chi connectivity index (χ2v) is 4.24. The Kier molecular flexibility index (Phi) is 8.85. The van der Waals surface area contributed by atoms with Crippen LogP contribution in [-0.2, 0) is 0 Å². The first-order valence-corrected chi connectivity index (χ1v) is 6.06. The molecule has 2 rings (SSSR count). The molecule has 3 nitrogen and oxygen atoms in total. The molecule has 0 saturated carbocycles. The highest BCUT2D eigenvalue weighted by molar-refractivity contribution is 5.85. The minimum absolute atomic E-state index is 0. The van der Waals surface area contributed by atoms with Crippen molar-refractivity contribution in [3.63, 3.8) is 0 Å². The van der Waals surface area contributed by atoms with E-state index in [4.69, 9.17) is 4.74 Å².